The number of Topliss-reactive ketones (excluding diaryl/α,β-unsaturated/α-hetero) is 1. The van der Waals surface area contributed by atoms with Crippen LogP contribution in [0.25, 0.3) is 0 Å². The van der Waals surface area contributed by atoms with Crippen molar-refractivity contribution < 1.29 is 4.79 Å². The van der Waals surface area contributed by atoms with Gasteiger partial charge in [0.2, 0.25) is 0 Å². The molecular formula is C8H15ClO. The van der Waals surface area contributed by atoms with E-state index in [4.69, 9.17) is 11.6 Å². The molecule has 0 aromatic heterocycles. The minimum Gasteiger partial charge on any atom is -0.300 e. The second kappa shape index (κ2) is 5.72. The van der Waals surface area contributed by atoms with Gasteiger partial charge in [-0.3, -0.25) is 4.79 Å². The number of alkyl halides is 1. The summed E-state index contributed by atoms with van der Waals surface area (Å²) in [6, 6.07) is 0. The van der Waals surface area contributed by atoms with Gasteiger partial charge in [0.05, 0.1) is 0 Å². The summed E-state index contributed by atoms with van der Waals surface area (Å²) in [6.07, 6.45) is 3.32. The summed E-state index contributed by atoms with van der Waals surface area (Å²) >= 11 is 5.63. The Morgan fingerprint density at radius 3 is 2.60 bits per heavy atom. The van der Waals surface area contributed by atoms with Crippen molar-refractivity contribution in [3.05, 3.63) is 0 Å². The highest BCUT2D eigenvalue weighted by molar-refractivity contribution is 6.21. The van der Waals surface area contributed by atoms with Crippen molar-refractivity contribution >= 4 is 17.4 Å². The van der Waals surface area contributed by atoms with E-state index in [1.807, 2.05) is 6.92 Å². The van der Waals surface area contributed by atoms with Gasteiger partial charge in [-0.25, -0.2) is 0 Å². The molecule has 0 saturated heterocycles. The second-order valence-corrected chi connectivity index (χ2v) is 3.37. The first-order valence-electron chi connectivity index (χ1n) is 3.82. The lowest BCUT2D eigenvalue weighted by Gasteiger charge is -1.99. The van der Waals surface area contributed by atoms with Gasteiger partial charge in [-0.2, -0.15) is 0 Å². The maximum Gasteiger partial charge on any atom is 0.134 e. The van der Waals surface area contributed by atoms with Gasteiger partial charge in [-0.05, 0) is 13.3 Å². The standard InChI is InChI=1S/C8H15ClO/c1-3-4-5-8(10)6-7(2)9/h7H,3-6H2,1-2H3. The second-order valence-electron chi connectivity index (χ2n) is 2.63. The number of hydrogen-bond acceptors (Lipinski definition) is 1. The predicted octanol–water partition coefficient (Wildman–Crippen LogP) is 2.76. The average Bonchev–Trinajstić information content (AvgIpc) is 1.82. The molecule has 0 rings (SSSR count). The van der Waals surface area contributed by atoms with Crippen LogP contribution in [0.15, 0.2) is 0 Å². The molecule has 60 valence electrons. The topological polar surface area (TPSA) is 17.1 Å². The summed E-state index contributed by atoms with van der Waals surface area (Å²) in [5.41, 5.74) is 0. The number of unbranched alkanes of at least 4 members (excludes halogenated alkanes) is 1. The zero-order valence-electron chi connectivity index (χ0n) is 6.69. The van der Waals surface area contributed by atoms with Crippen molar-refractivity contribution in [2.75, 3.05) is 0 Å². The molecule has 0 heterocycles. The van der Waals surface area contributed by atoms with E-state index in [0.717, 1.165) is 12.8 Å². The number of hydrogen-bond donors (Lipinski definition) is 0. The quantitative estimate of drug-likeness (QED) is 0.569. The van der Waals surface area contributed by atoms with E-state index in [1.54, 1.807) is 0 Å². The molecule has 0 aliphatic heterocycles. The highest BCUT2D eigenvalue weighted by atomic mass is 35.5. The van der Waals surface area contributed by atoms with E-state index >= 15 is 0 Å². The fraction of sp³-hybridized carbons (Fsp3) is 0.875. The van der Waals surface area contributed by atoms with Gasteiger partial charge in [0.25, 0.3) is 0 Å². The molecule has 0 aromatic rings. The van der Waals surface area contributed by atoms with Crippen molar-refractivity contribution in [1.82, 2.24) is 0 Å². The Morgan fingerprint density at radius 2 is 2.20 bits per heavy atom. The molecule has 1 nitrogen and oxygen atoms in total. The Kier molecular flexibility index (Phi) is 5.70. The maximum absolute atomic E-state index is 10.9. The highest BCUT2D eigenvalue weighted by Gasteiger charge is 2.04. The van der Waals surface area contributed by atoms with Gasteiger partial charge < -0.3 is 0 Å². The average molecular weight is 163 g/mol. The number of carbonyl (C=O) groups excluding carboxylic acids is 1. The van der Waals surface area contributed by atoms with Crippen molar-refractivity contribution in [3.8, 4) is 0 Å². The Morgan fingerprint density at radius 1 is 1.60 bits per heavy atom. The van der Waals surface area contributed by atoms with Crippen LogP contribution >= 0.6 is 11.6 Å². The lowest BCUT2D eigenvalue weighted by molar-refractivity contribution is -0.119. The normalized spacial score (nSPS) is 13.1. The molecule has 2 heteroatoms. The number of halogens is 1. The van der Waals surface area contributed by atoms with Crippen LogP contribution in [0.2, 0.25) is 0 Å². The minimum absolute atomic E-state index is 0.00403. The third-order valence-electron chi connectivity index (χ3n) is 1.32. The van der Waals surface area contributed by atoms with Crippen molar-refractivity contribution in [2.45, 2.75) is 44.9 Å². The monoisotopic (exact) mass is 162 g/mol. The molecule has 0 amide bonds. The lowest BCUT2D eigenvalue weighted by atomic mass is 10.1. The van der Waals surface area contributed by atoms with Crippen molar-refractivity contribution in [3.63, 3.8) is 0 Å². The van der Waals surface area contributed by atoms with Crippen LogP contribution in [0, 0.1) is 0 Å². The van der Waals surface area contributed by atoms with Gasteiger partial charge in [-0.15, -0.1) is 11.6 Å². The van der Waals surface area contributed by atoms with E-state index in [2.05, 4.69) is 6.92 Å². The van der Waals surface area contributed by atoms with E-state index < -0.39 is 0 Å². The van der Waals surface area contributed by atoms with E-state index in [-0.39, 0.29) is 5.38 Å². The smallest absolute Gasteiger partial charge is 0.134 e. The van der Waals surface area contributed by atoms with Crippen LogP contribution < -0.4 is 0 Å². The number of ketones is 1. The molecule has 0 N–H and O–H groups in total. The third kappa shape index (κ3) is 6.09. The molecule has 0 spiro atoms. The molecule has 0 aromatic carbocycles. The summed E-state index contributed by atoms with van der Waals surface area (Å²) in [4.78, 5) is 10.9. The summed E-state index contributed by atoms with van der Waals surface area (Å²) in [6.45, 7) is 3.93. The van der Waals surface area contributed by atoms with Crippen molar-refractivity contribution in [2.24, 2.45) is 0 Å². The molecule has 10 heavy (non-hydrogen) atoms. The van der Waals surface area contributed by atoms with E-state index in [9.17, 15) is 4.79 Å². The summed E-state index contributed by atoms with van der Waals surface area (Å²) in [5.74, 6) is 0.296. The van der Waals surface area contributed by atoms with Crippen molar-refractivity contribution in [1.29, 1.82) is 0 Å². The molecule has 1 unspecified atom stereocenters. The van der Waals surface area contributed by atoms with Crippen LogP contribution in [-0.2, 0) is 4.79 Å². The van der Waals surface area contributed by atoms with Gasteiger partial charge >= 0.3 is 0 Å². The summed E-state index contributed by atoms with van der Waals surface area (Å²) in [5, 5.41) is 0.00403. The van der Waals surface area contributed by atoms with Gasteiger partial charge in [-0.1, -0.05) is 13.3 Å². The zero-order chi connectivity index (χ0) is 7.98. The molecule has 0 radical (unpaired) electrons. The fourth-order valence-electron chi connectivity index (χ4n) is 0.790. The number of rotatable bonds is 5. The molecule has 0 fully saturated rings. The number of carbonyl (C=O) groups is 1. The zero-order valence-corrected chi connectivity index (χ0v) is 7.45. The highest BCUT2D eigenvalue weighted by Crippen LogP contribution is 2.05. The lowest BCUT2D eigenvalue weighted by Crippen LogP contribution is -2.03. The first kappa shape index (κ1) is 9.96. The third-order valence-corrected chi connectivity index (χ3v) is 1.47. The van der Waals surface area contributed by atoms with Gasteiger partial charge in [0.1, 0.15) is 5.78 Å². The molecule has 0 bridgehead atoms. The Labute approximate surface area is 67.8 Å². The van der Waals surface area contributed by atoms with Crippen LogP contribution in [0.1, 0.15) is 39.5 Å². The molecule has 0 aliphatic rings. The SMILES string of the molecule is CCCCC(=O)CC(C)Cl. The Hall–Kier alpha value is -0.0400. The summed E-state index contributed by atoms with van der Waals surface area (Å²) in [7, 11) is 0. The molecular weight excluding hydrogens is 148 g/mol. The first-order valence-corrected chi connectivity index (χ1v) is 4.26. The Balaban J connectivity index is 3.26. The molecule has 1 atom stereocenters. The van der Waals surface area contributed by atoms with E-state index in [1.165, 1.54) is 0 Å². The van der Waals surface area contributed by atoms with Gasteiger partial charge in [0.15, 0.2) is 0 Å². The maximum atomic E-state index is 10.9. The predicted molar refractivity (Wildman–Crippen MR) is 44.5 cm³/mol. The van der Waals surface area contributed by atoms with Crippen LogP contribution in [-0.4, -0.2) is 11.2 Å². The largest absolute Gasteiger partial charge is 0.300 e. The van der Waals surface area contributed by atoms with E-state index in [0.29, 0.717) is 18.6 Å². The Bertz CT molecular complexity index is 99.4. The minimum atomic E-state index is 0.00403. The van der Waals surface area contributed by atoms with Crippen LogP contribution in [0.5, 0.6) is 0 Å². The van der Waals surface area contributed by atoms with Crippen LogP contribution in [0.3, 0.4) is 0 Å². The first-order chi connectivity index (χ1) is 4.66. The van der Waals surface area contributed by atoms with Gasteiger partial charge in [0, 0.05) is 18.2 Å². The fourth-order valence-corrected chi connectivity index (χ4v) is 0.962. The van der Waals surface area contributed by atoms with Crippen LogP contribution in [0.4, 0.5) is 0 Å². The molecule has 0 aliphatic carbocycles. The summed E-state index contributed by atoms with van der Waals surface area (Å²) < 4.78 is 0. The molecule has 0 saturated carbocycles.